The molecular weight excluding hydrogens is 275 g/mol. The Bertz CT molecular complexity index is 619. The first-order chi connectivity index (χ1) is 10.1. The van der Waals surface area contributed by atoms with E-state index in [1.54, 1.807) is 4.90 Å². The van der Waals surface area contributed by atoms with Crippen LogP contribution < -0.4 is 4.90 Å². The van der Waals surface area contributed by atoms with Crippen molar-refractivity contribution in [2.24, 2.45) is 0 Å². The van der Waals surface area contributed by atoms with Crippen LogP contribution >= 0.6 is 0 Å². The Hall–Kier alpha value is -2.09. The number of rotatable bonds is 3. The lowest BCUT2D eigenvalue weighted by Gasteiger charge is -2.38. The van der Waals surface area contributed by atoms with Gasteiger partial charge in [0.15, 0.2) is 11.6 Å². The molecule has 0 spiro atoms. The molecule has 0 bridgehead atoms. The van der Waals surface area contributed by atoms with E-state index in [1.807, 2.05) is 6.92 Å². The predicted octanol–water partition coefficient (Wildman–Crippen LogP) is 0.784. The largest absolute Gasteiger partial charge is 0.382 e. The second-order valence-corrected chi connectivity index (χ2v) is 5.22. The van der Waals surface area contributed by atoms with Gasteiger partial charge in [0.1, 0.15) is 17.6 Å². The number of piperidine rings is 1. The fourth-order valence-electron chi connectivity index (χ4n) is 2.71. The van der Waals surface area contributed by atoms with E-state index in [0.717, 1.165) is 0 Å². The minimum atomic E-state index is -1.14. The van der Waals surface area contributed by atoms with Gasteiger partial charge in [-0.25, -0.2) is 14.4 Å². The maximum Gasteiger partial charge on any atom is 0.187 e. The number of aliphatic hydroxyl groups is 1. The van der Waals surface area contributed by atoms with E-state index >= 15 is 0 Å². The van der Waals surface area contributed by atoms with Crippen LogP contribution in [0, 0.1) is 5.82 Å². The van der Waals surface area contributed by atoms with Crippen molar-refractivity contribution in [3.63, 3.8) is 0 Å². The van der Waals surface area contributed by atoms with Crippen molar-refractivity contribution < 1.29 is 9.50 Å². The predicted molar refractivity (Wildman–Crippen MR) is 73.1 cm³/mol. The summed E-state index contributed by atoms with van der Waals surface area (Å²) in [6.45, 7) is 2.71. The van der Waals surface area contributed by atoms with Gasteiger partial charge in [-0.05, 0) is 19.3 Å². The second kappa shape index (κ2) is 5.36. The number of H-pyrrole nitrogens is 1. The van der Waals surface area contributed by atoms with Gasteiger partial charge in [-0.1, -0.05) is 6.92 Å². The summed E-state index contributed by atoms with van der Waals surface area (Å²) in [4.78, 5) is 9.72. The zero-order valence-electron chi connectivity index (χ0n) is 11.8. The topological polar surface area (TPSA) is 90.8 Å². The molecule has 3 rings (SSSR count). The van der Waals surface area contributed by atoms with Crippen LogP contribution in [0.4, 0.5) is 10.2 Å². The third kappa shape index (κ3) is 2.46. The van der Waals surface area contributed by atoms with Gasteiger partial charge >= 0.3 is 0 Å². The number of nitrogens with one attached hydrogen (secondary N) is 1. The summed E-state index contributed by atoms with van der Waals surface area (Å²) in [7, 11) is 0. The van der Waals surface area contributed by atoms with Gasteiger partial charge < -0.3 is 10.0 Å². The number of aryl methyl sites for hydroxylation is 1. The highest BCUT2D eigenvalue weighted by molar-refractivity contribution is 5.42. The van der Waals surface area contributed by atoms with Crippen LogP contribution in [0.5, 0.6) is 0 Å². The van der Waals surface area contributed by atoms with Gasteiger partial charge in [0.05, 0.1) is 18.4 Å². The molecule has 1 fully saturated rings. The molecule has 2 aromatic rings. The van der Waals surface area contributed by atoms with Crippen molar-refractivity contribution in [1.82, 2.24) is 25.4 Å². The van der Waals surface area contributed by atoms with Gasteiger partial charge in [0.2, 0.25) is 0 Å². The van der Waals surface area contributed by atoms with Crippen LogP contribution in [0.15, 0.2) is 12.5 Å². The summed E-state index contributed by atoms with van der Waals surface area (Å²) < 4.78 is 14.4. The smallest absolute Gasteiger partial charge is 0.187 e. The zero-order valence-corrected chi connectivity index (χ0v) is 11.8. The van der Waals surface area contributed by atoms with Gasteiger partial charge in [0, 0.05) is 6.54 Å². The van der Waals surface area contributed by atoms with Crippen LogP contribution in [0.1, 0.15) is 31.2 Å². The Morgan fingerprint density at radius 3 is 3.05 bits per heavy atom. The molecule has 8 heteroatoms. The molecule has 0 aromatic carbocycles. The molecule has 112 valence electrons. The first-order valence-corrected chi connectivity index (χ1v) is 6.97. The Balaban J connectivity index is 1.90. The third-order valence-corrected chi connectivity index (χ3v) is 3.84. The molecule has 0 radical (unpaired) electrons. The summed E-state index contributed by atoms with van der Waals surface area (Å²) in [5.74, 6) is -0.173. The van der Waals surface area contributed by atoms with E-state index < -0.39 is 11.4 Å². The average molecular weight is 292 g/mol. The SMILES string of the molecule is CCc1ncnc(N2CCC[C@](O)(c3cn[nH]n3)C2)c1F. The molecule has 1 saturated heterocycles. The molecule has 1 aliphatic heterocycles. The second-order valence-electron chi connectivity index (χ2n) is 5.22. The maximum absolute atomic E-state index is 14.4. The fraction of sp³-hybridized carbons (Fsp3) is 0.538. The van der Waals surface area contributed by atoms with Crippen molar-refractivity contribution in [2.75, 3.05) is 18.0 Å². The highest BCUT2D eigenvalue weighted by Crippen LogP contribution is 2.32. The molecule has 0 saturated carbocycles. The number of anilines is 1. The van der Waals surface area contributed by atoms with Gasteiger partial charge in [0.25, 0.3) is 0 Å². The minimum Gasteiger partial charge on any atom is -0.382 e. The lowest BCUT2D eigenvalue weighted by atomic mass is 9.90. The molecule has 1 aliphatic rings. The highest BCUT2D eigenvalue weighted by Gasteiger charge is 2.38. The van der Waals surface area contributed by atoms with E-state index in [1.165, 1.54) is 12.5 Å². The number of hydrogen-bond donors (Lipinski definition) is 2. The number of halogens is 1. The molecule has 0 unspecified atom stereocenters. The molecule has 2 aromatic heterocycles. The summed E-state index contributed by atoms with van der Waals surface area (Å²) in [6, 6.07) is 0. The first kappa shape index (κ1) is 13.9. The summed E-state index contributed by atoms with van der Waals surface area (Å²) in [6.07, 6.45) is 4.64. The van der Waals surface area contributed by atoms with Crippen LogP contribution in [-0.2, 0) is 12.0 Å². The van der Waals surface area contributed by atoms with Crippen LogP contribution in [-0.4, -0.2) is 43.6 Å². The molecule has 21 heavy (non-hydrogen) atoms. The minimum absolute atomic E-state index is 0.233. The molecule has 1 atom stereocenters. The van der Waals surface area contributed by atoms with Crippen LogP contribution in [0.2, 0.25) is 0 Å². The van der Waals surface area contributed by atoms with E-state index in [9.17, 15) is 9.50 Å². The van der Waals surface area contributed by atoms with Crippen molar-refractivity contribution in [3.05, 3.63) is 29.7 Å². The standard InChI is InChI=1S/C13H17FN6O/c1-2-9-11(14)12(16-8-15-9)20-5-3-4-13(21,7-20)10-6-17-19-18-10/h6,8,21H,2-5,7H2,1H3,(H,17,18,19)/t13-/m1/s1. The summed E-state index contributed by atoms with van der Waals surface area (Å²) in [5.41, 5.74) is -0.289. The Kier molecular flexibility index (Phi) is 3.54. The van der Waals surface area contributed by atoms with Gasteiger partial charge in [-0.3, -0.25) is 0 Å². The van der Waals surface area contributed by atoms with E-state index in [-0.39, 0.29) is 12.4 Å². The van der Waals surface area contributed by atoms with Gasteiger partial charge in [-0.2, -0.15) is 15.4 Å². The Morgan fingerprint density at radius 2 is 2.33 bits per heavy atom. The number of aromatic nitrogens is 5. The summed E-state index contributed by atoms with van der Waals surface area (Å²) in [5, 5.41) is 20.9. The number of aromatic amines is 1. The number of nitrogens with zero attached hydrogens (tertiary/aromatic N) is 5. The van der Waals surface area contributed by atoms with Crippen molar-refractivity contribution in [2.45, 2.75) is 31.8 Å². The first-order valence-electron chi connectivity index (χ1n) is 6.97. The lowest BCUT2D eigenvalue weighted by molar-refractivity contribution is 0.0173. The molecular formula is C13H17FN6O. The van der Waals surface area contributed by atoms with Crippen molar-refractivity contribution >= 4 is 5.82 Å². The van der Waals surface area contributed by atoms with Crippen molar-refractivity contribution in [3.8, 4) is 0 Å². The molecule has 7 nitrogen and oxygen atoms in total. The molecule has 3 heterocycles. The van der Waals surface area contributed by atoms with E-state index in [2.05, 4.69) is 25.4 Å². The Morgan fingerprint density at radius 1 is 1.48 bits per heavy atom. The van der Waals surface area contributed by atoms with Gasteiger partial charge in [-0.15, -0.1) is 0 Å². The number of β-amino-alcohol motifs (C(OH)–C–C–N with tert-alkyl or cyclic N) is 1. The summed E-state index contributed by atoms with van der Waals surface area (Å²) >= 11 is 0. The van der Waals surface area contributed by atoms with E-state index in [4.69, 9.17) is 0 Å². The fourth-order valence-corrected chi connectivity index (χ4v) is 2.71. The number of hydrogen-bond acceptors (Lipinski definition) is 6. The molecule has 0 amide bonds. The van der Waals surface area contributed by atoms with Crippen LogP contribution in [0.3, 0.4) is 0 Å². The average Bonchev–Trinajstić information content (AvgIpc) is 3.02. The highest BCUT2D eigenvalue weighted by atomic mass is 19.1. The maximum atomic E-state index is 14.4. The zero-order chi connectivity index (χ0) is 14.9. The van der Waals surface area contributed by atoms with E-state index in [0.29, 0.717) is 37.2 Å². The van der Waals surface area contributed by atoms with Crippen molar-refractivity contribution in [1.29, 1.82) is 0 Å². The normalized spacial score (nSPS) is 22.5. The quantitative estimate of drug-likeness (QED) is 0.869. The lowest BCUT2D eigenvalue weighted by Crippen LogP contribution is -2.47. The third-order valence-electron chi connectivity index (χ3n) is 3.84. The Labute approximate surface area is 121 Å². The van der Waals surface area contributed by atoms with Crippen LogP contribution in [0.25, 0.3) is 0 Å². The molecule has 2 N–H and O–H groups in total. The molecule has 0 aliphatic carbocycles. The monoisotopic (exact) mass is 292 g/mol.